The number of morpholine rings is 1. The van der Waals surface area contributed by atoms with Crippen molar-refractivity contribution in [2.45, 2.75) is 19.4 Å². The minimum absolute atomic E-state index is 0.0487. The van der Waals surface area contributed by atoms with E-state index in [0.29, 0.717) is 13.1 Å². The Morgan fingerprint density at radius 1 is 0.938 bits per heavy atom. The Kier molecular flexibility index (Phi) is 7.39. The number of likely N-dealkylation sites (N-methyl/N-ethyl adjacent to an activating group) is 1. The van der Waals surface area contributed by atoms with Crippen LogP contribution in [0.25, 0.3) is 0 Å². The first-order valence-electron chi connectivity index (χ1n) is 11.4. The molecule has 170 valence electrons. The van der Waals surface area contributed by atoms with Crippen LogP contribution in [0.4, 0.5) is 11.4 Å². The summed E-state index contributed by atoms with van der Waals surface area (Å²) in [6.07, 6.45) is 2.18. The highest BCUT2D eigenvalue weighted by Crippen LogP contribution is 2.19. The third kappa shape index (κ3) is 5.87. The summed E-state index contributed by atoms with van der Waals surface area (Å²) in [5.41, 5.74) is 3.75. The van der Waals surface area contributed by atoms with Crippen LogP contribution in [0.15, 0.2) is 48.5 Å². The summed E-state index contributed by atoms with van der Waals surface area (Å²) >= 11 is 0. The average molecular weight is 437 g/mol. The van der Waals surface area contributed by atoms with Gasteiger partial charge < -0.3 is 19.9 Å². The molecule has 7 nitrogen and oxygen atoms in total. The van der Waals surface area contributed by atoms with Crippen molar-refractivity contribution >= 4 is 23.2 Å². The molecule has 32 heavy (non-hydrogen) atoms. The zero-order valence-electron chi connectivity index (χ0n) is 18.8. The van der Waals surface area contributed by atoms with E-state index in [0.717, 1.165) is 74.7 Å². The normalized spacial score (nSPS) is 16.4. The summed E-state index contributed by atoms with van der Waals surface area (Å²) < 4.78 is 5.39. The second-order valence-electron chi connectivity index (χ2n) is 8.56. The number of hydrogen-bond acceptors (Lipinski definition) is 5. The molecule has 2 aromatic carbocycles. The van der Waals surface area contributed by atoms with Gasteiger partial charge in [-0.05, 0) is 61.9 Å². The molecule has 0 saturated carbocycles. The SMILES string of the molecule is CN(CC(=O)Nc1ccc(N2CCOCC2)cc1)Cc1ccc(C(=O)N2CCCC2)cc1. The molecule has 2 fully saturated rings. The summed E-state index contributed by atoms with van der Waals surface area (Å²) in [6.45, 7) is 5.93. The van der Waals surface area contributed by atoms with Crippen molar-refractivity contribution in [3.63, 3.8) is 0 Å². The highest BCUT2D eigenvalue weighted by molar-refractivity contribution is 5.94. The monoisotopic (exact) mass is 436 g/mol. The van der Waals surface area contributed by atoms with E-state index in [1.165, 1.54) is 0 Å². The van der Waals surface area contributed by atoms with Crippen LogP contribution < -0.4 is 10.2 Å². The first kappa shape index (κ1) is 22.3. The smallest absolute Gasteiger partial charge is 0.253 e. The van der Waals surface area contributed by atoms with Gasteiger partial charge in [0.05, 0.1) is 19.8 Å². The van der Waals surface area contributed by atoms with Gasteiger partial charge in [0.2, 0.25) is 5.91 Å². The third-order valence-electron chi connectivity index (χ3n) is 5.99. The lowest BCUT2D eigenvalue weighted by Crippen LogP contribution is -2.36. The standard InChI is InChI=1S/C25H32N4O3/c1-27(18-20-4-6-21(7-5-20)25(31)29-12-2-3-13-29)19-24(30)26-22-8-10-23(11-9-22)28-14-16-32-17-15-28/h4-11H,2-3,12-19H2,1H3,(H,26,30). The molecule has 0 radical (unpaired) electrons. The van der Waals surface area contributed by atoms with Crippen LogP contribution in [-0.4, -0.2) is 74.6 Å². The van der Waals surface area contributed by atoms with Gasteiger partial charge in [-0.1, -0.05) is 12.1 Å². The summed E-state index contributed by atoms with van der Waals surface area (Å²) in [7, 11) is 1.92. The molecular formula is C25H32N4O3. The predicted octanol–water partition coefficient (Wildman–Crippen LogP) is 2.83. The van der Waals surface area contributed by atoms with Gasteiger partial charge in [-0.15, -0.1) is 0 Å². The molecule has 0 unspecified atom stereocenters. The van der Waals surface area contributed by atoms with Crippen LogP contribution in [0.1, 0.15) is 28.8 Å². The van der Waals surface area contributed by atoms with Crippen molar-refractivity contribution in [2.24, 2.45) is 0 Å². The zero-order chi connectivity index (χ0) is 22.3. The molecule has 0 aromatic heterocycles. The number of likely N-dealkylation sites (tertiary alicyclic amines) is 1. The number of benzene rings is 2. The van der Waals surface area contributed by atoms with Crippen molar-refractivity contribution in [3.8, 4) is 0 Å². The number of carbonyl (C=O) groups excluding carboxylic acids is 2. The molecule has 2 saturated heterocycles. The van der Waals surface area contributed by atoms with Gasteiger partial charge in [-0.2, -0.15) is 0 Å². The molecule has 4 rings (SSSR count). The lowest BCUT2D eigenvalue weighted by molar-refractivity contribution is -0.117. The second-order valence-corrected chi connectivity index (χ2v) is 8.56. The minimum Gasteiger partial charge on any atom is -0.378 e. The molecule has 2 aliphatic rings. The molecule has 2 heterocycles. The van der Waals surface area contributed by atoms with Crippen LogP contribution in [-0.2, 0) is 16.1 Å². The molecule has 2 amide bonds. The summed E-state index contributed by atoms with van der Waals surface area (Å²) in [4.78, 5) is 31.1. The predicted molar refractivity (Wildman–Crippen MR) is 126 cm³/mol. The lowest BCUT2D eigenvalue weighted by Gasteiger charge is -2.28. The highest BCUT2D eigenvalue weighted by atomic mass is 16.5. The van der Waals surface area contributed by atoms with Gasteiger partial charge >= 0.3 is 0 Å². The second kappa shape index (κ2) is 10.6. The molecule has 0 aliphatic carbocycles. The fourth-order valence-electron chi connectivity index (χ4n) is 4.25. The van der Waals surface area contributed by atoms with E-state index in [4.69, 9.17) is 4.74 Å². The lowest BCUT2D eigenvalue weighted by atomic mass is 10.1. The number of nitrogens with one attached hydrogen (secondary N) is 1. The van der Waals surface area contributed by atoms with E-state index in [1.807, 2.05) is 65.4 Å². The quantitative estimate of drug-likeness (QED) is 0.723. The maximum atomic E-state index is 12.5. The number of amides is 2. The van der Waals surface area contributed by atoms with Gasteiger partial charge in [-0.25, -0.2) is 0 Å². The largest absolute Gasteiger partial charge is 0.378 e. The van der Waals surface area contributed by atoms with E-state index < -0.39 is 0 Å². The van der Waals surface area contributed by atoms with Crippen molar-refractivity contribution in [2.75, 3.05) is 63.2 Å². The minimum atomic E-state index is -0.0487. The first-order chi connectivity index (χ1) is 15.6. The number of hydrogen-bond donors (Lipinski definition) is 1. The third-order valence-corrected chi connectivity index (χ3v) is 5.99. The number of ether oxygens (including phenoxy) is 1. The number of anilines is 2. The number of nitrogens with zero attached hydrogens (tertiary/aromatic N) is 3. The Balaban J connectivity index is 1.24. The van der Waals surface area contributed by atoms with Crippen molar-refractivity contribution in [1.29, 1.82) is 0 Å². The van der Waals surface area contributed by atoms with Crippen LogP contribution in [0.5, 0.6) is 0 Å². The highest BCUT2D eigenvalue weighted by Gasteiger charge is 2.19. The Morgan fingerprint density at radius 3 is 2.25 bits per heavy atom. The molecular weight excluding hydrogens is 404 g/mol. The van der Waals surface area contributed by atoms with E-state index >= 15 is 0 Å². The molecule has 0 bridgehead atoms. The molecule has 7 heteroatoms. The molecule has 2 aliphatic heterocycles. The van der Waals surface area contributed by atoms with Crippen LogP contribution >= 0.6 is 0 Å². The number of rotatable bonds is 7. The van der Waals surface area contributed by atoms with Crippen LogP contribution in [0, 0.1) is 0 Å². The van der Waals surface area contributed by atoms with E-state index in [-0.39, 0.29) is 11.8 Å². The maximum absolute atomic E-state index is 12.5. The summed E-state index contributed by atoms with van der Waals surface area (Å²) in [6, 6.07) is 15.7. The van der Waals surface area contributed by atoms with Crippen molar-refractivity contribution in [3.05, 3.63) is 59.7 Å². The van der Waals surface area contributed by atoms with E-state index in [2.05, 4.69) is 10.2 Å². The Morgan fingerprint density at radius 2 is 1.59 bits per heavy atom. The molecule has 0 atom stereocenters. The van der Waals surface area contributed by atoms with E-state index in [9.17, 15) is 9.59 Å². The maximum Gasteiger partial charge on any atom is 0.253 e. The Labute approximate surface area is 189 Å². The number of carbonyl (C=O) groups is 2. The molecule has 2 aromatic rings. The van der Waals surface area contributed by atoms with Crippen LogP contribution in [0.2, 0.25) is 0 Å². The summed E-state index contributed by atoms with van der Waals surface area (Å²) in [5.74, 6) is 0.0638. The van der Waals surface area contributed by atoms with Gasteiger partial charge in [0, 0.05) is 49.7 Å². The van der Waals surface area contributed by atoms with Crippen molar-refractivity contribution in [1.82, 2.24) is 9.80 Å². The van der Waals surface area contributed by atoms with E-state index in [1.54, 1.807) is 0 Å². The average Bonchev–Trinajstić information content (AvgIpc) is 3.35. The van der Waals surface area contributed by atoms with Gasteiger partial charge in [0.1, 0.15) is 0 Å². The molecule has 0 spiro atoms. The fourth-order valence-corrected chi connectivity index (χ4v) is 4.25. The molecule has 1 N–H and O–H groups in total. The van der Waals surface area contributed by atoms with Crippen molar-refractivity contribution < 1.29 is 14.3 Å². The zero-order valence-corrected chi connectivity index (χ0v) is 18.8. The Hall–Kier alpha value is -2.90. The van der Waals surface area contributed by atoms with Gasteiger partial charge in [0.25, 0.3) is 5.91 Å². The fraction of sp³-hybridized carbons (Fsp3) is 0.440. The van der Waals surface area contributed by atoms with Crippen LogP contribution in [0.3, 0.4) is 0 Å². The van der Waals surface area contributed by atoms with Gasteiger partial charge in [0.15, 0.2) is 0 Å². The van der Waals surface area contributed by atoms with Gasteiger partial charge in [-0.3, -0.25) is 14.5 Å². The first-order valence-corrected chi connectivity index (χ1v) is 11.4. The Bertz CT molecular complexity index is 902. The topological polar surface area (TPSA) is 65.1 Å². The summed E-state index contributed by atoms with van der Waals surface area (Å²) in [5, 5.41) is 2.97.